The van der Waals surface area contributed by atoms with Crippen molar-refractivity contribution in [2.24, 2.45) is 0 Å². The fraction of sp³-hybridized carbons (Fsp3) is 0.562. The molecule has 0 unspecified atom stereocenters. The summed E-state index contributed by atoms with van der Waals surface area (Å²) < 4.78 is 33.1. The Labute approximate surface area is 147 Å². The Bertz CT molecular complexity index is 738. The van der Waals surface area contributed by atoms with Crippen molar-refractivity contribution in [2.75, 3.05) is 46.4 Å². The third kappa shape index (κ3) is 3.58. The summed E-state index contributed by atoms with van der Waals surface area (Å²) in [5.74, 6) is 0.0189. The van der Waals surface area contributed by atoms with Crippen molar-refractivity contribution in [3.8, 4) is 11.5 Å². The van der Waals surface area contributed by atoms with Crippen LogP contribution in [0.25, 0.3) is 0 Å². The van der Waals surface area contributed by atoms with E-state index in [1.807, 2.05) is 0 Å². The Balaban J connectivity index is 1.65. The standard InChI is InChI=1S/C16H23N3O5S/c1-24-13-4-5-14(15(20)12-13)16(21)17-8-10-19(11-9-17)25(22,23)18-6-2-3-7-18/h4-5,12,20H,2-3,6-11H2,1H3. The average molecular weight is 369 g/mol. The van der Waals surface area contributed by atoms with Gasteiger partial charge in [0.1, 0.15) is 11.5 Å². The number of rotatable bonds is 4. The maximum Gasteiger partial charge on any atom is 0.282 e. The van der Waals surface area contributed by atoms with Gasteiger partial charge in [-0.05, 0) is 25.0 Å². The molecule has 0 bridgehead atoms. The summed E-state index contributed by atoms with van der Waals surface area (Å²) in [5.41, 5.74) is 0.191. The first-order valence-corrected chi connectivity index (χ1v) is 9.74. The maximum atomic E-state index is 12.6. The first-order chi connectivity index (χ1) is 11.9. The van der Waals surface area contributed by atoms with Crippen molar-refractivity contribution in [1.29, 1.82) is 0 Å². The fourth-order valence-electron chi connectivity index (χ4n) is 3.19. The molecule has 0 aliphatic carbocycles. The molecule has 2 fully saturated rings. The molecule has 138 valence electrons. The molecule has 2 aliphatic heterocycles. The van der Waals surface area contributed by atoms with Gasteiger partial charge in [-0.2, -0.15) is 17.0 Å². The van der Waals surface area contributed by atoms with Crippen LogP contribution in [-0.2, 0) is 10.2 Å². The van der Waals surface area contributed by atoms with Gasteiger partial charge in [0.15, 0.2) is 0 Å². The second-order valence-corrected chi connectivity index (χ2v) is 8.12. The van der Waals surface area contributed by atoms with Gasteiger partial charge in [-0.25, -0.2) is 0 Å². The first-order valence-electron chi connectivity index (χ1n) is 8.35. The van der Waals surface area contributed by atoms with Crippen LogP contribution in [0.2, 0.25) is 0 Å². The SMILES string of the molecule is COc1ccc(C(=O)N2CCN(S(=O)(=O)N3CCCC3)CC2)c(O)c1. The monoisotopic (exact) mass is 369 g/mol. The molecule has 3 rings (SSSR count). The lowest BCUT2D eigenvalue weighted by Crippen LogP contribution is -2.53. The molecule has 8 nitrogen and oxygen atoms in total. The van der Waals surface area contributed by atoms with Crippen molar-refractivity contribution in [1.82, 2.24) is 13.5 Å². The Morgan fingerprint density at radius 1 is 1.04 bits per heavy atom. The summed E-state index contributed by atoms with van der Waals surface area (Å²) >= 11 is 0. The van der Waals surface area contributed by atoms with Crippen molar-refractivity contribution >= 4 is 16.1 Å². The first kappa shape index (κ1) is 18.0. The number of ether oxygens (including phenoxy) is 1. The van der Waals surface area contributed by atoms with Crippen LogP contribution in [0.3, 0.4) is 0 Å². The van der Waals surface area contributed by atoms with E-state index in [1.165, 1.54) is 27.9 Å². The van der Waals surface area contributed by atoms with Gasteiger partial charge in [-0.3, -0.25) is 4.79 Å². The van der Waals surface area contributed by atoms with Crippen LogP contribution in [0.5, 0.6) is 11.5 Å². The largest absolute Gasteiger partial charge is 0.507 e. The van der Waals surface area contributed by atoms with E-state index in [0.717, 1.165) is 12.8 Å². The Kier molecular flexibility index (Phi) is 5.16. The van der Waals surface area contributed by atoms with Gasteiger partial charge in [0.25, 0.3) is 16.1 Å². The highest BCUT2D eigenvalue weighted by Gasteiger charge is 2.35. The Hall–Kier alpha value is -1.84. The van der Waals surface area contributed by atoms with Crippen molar-refractivity contribution in [3.63, 3.8) is 0 Å². The minimum Gasteiger partial charge on any atom is -0.507 e. The van der Waals surface area contributed by atoms with E-state index in [0.29, 0.717) is 31.9 Å². The highest BCUT2D eigenvalue weighted by atomic mass is 32.2. The van der Waals surface area contributed by atoms with Gasteiger partial charge in [0, 0.05) is 45.3 Å². The van der Waals surface area contributed by atoms with Crippen molar-refractivity contribution in [3.05, 3.63) is 23.8 Å². The lowest BCUT2D eigenvalue weighted by Gasteiger charge is -2.35. The molecule has 0 saturated carbocycles. The van der Waals surface area contributed by atoms with Crippen LogP contribution in [0.4, 0.5) is 0 Å². The summed E-state index contributed by atoms with van der Waals surface area (Å²) in [7, 11) is -1.95. The third-order valence-electron chi connectivity index (χ3n) is 4.68. The number of phenols is 1. The van der Waals surface area contributed by atoms with Crippen LogP contribution in [-0.4, -0.2) is 79.3 Å². The van der Waals surface area contributed by atoms with Gasteiger partial charge < -0.3 is 14.7 Å². The summed E-state index contributed by atoms with van der Waals surface area (Å²) in [6.45, 7) is 2.28. The lowest BCUT2D eigenvalue weighted by molar-refractivity contribution is 0.0691. The van der Waals surface area contributed by atoms with E-state index in [4.69, 9.17) is 4.74 Å². The molecule has 1 aromatic rings. The number of nitrogens with zero attached hydrogens (tertiary/aromatic N) is 3. The minimum absolute atomic E-state index is 0.142. The van der Waals surface area contributed by atoms with Gasteiger partial charge >= 0.3 is 0 Å². The number of methoxy groups -OCH3 is 1. The number of amides is 1. The molecule has 9 heteroatoms. The maximum absolute atomic E-state index is 12.6. The van der Waals surface area contributed by atoms with E-state index in [2.05, 4.69) is 0 Å². The van der Waals surface area contributed by atoms with Crippen LogP contribution in [0.1, 0.15) is 23.2 Å². The third-order valence-corrected chi connectivity index (χ3v) is 6.71. The molecule has 1 amide bonds. The molecule has 0 spiro atoms. The normalized spacial score (nSPS) is 20.0. The lowest BCUT2D eigenvalue weighted by atomic mass is 10.1. The molecule has 0 aromatic heterocycles. The molecule has 1 N–H and O–H groups in total. The minimum atomic E-state index is -3.43. The van der Waals surface area contributed by atoms with E-state index < -0.39 is 10.2 Å². The number of carbonyl (C=O) groups excluding carboxylic acids is 1. The quantitative estimate of drug-likeness (QED) is 0.835. The zero-order valence-corrected chi connectivity index (χ0v) is 15.0. The molecular formula is C16H23N3O5S. The Morgan fingerprint density at radius 3 is 2.20 bits per heavy atom. The summed E-state index contributed by atoms with van der Waals surface area (Å²) in [6.07, 6.45) is 1.79. The number of piperazine rings is 1. The van der Waals surface area contributed by atoms with Crippen molar-refractivity contribution in [2.45, 2.75) is 12.8 Å². The van der Waals surface area contributed by atoms with E-state index in [9.17, 15) is 18.3 Å². The number of hydrogen-bond donors (Lipinski definition) is 1. The molecule has 2 saturated heterocycles. The van der Waals surface area contributed by atoms with Crippen LogP contribution in [0.15, 0.2) is 18.2 Å². The van der Waals surface area contributed by atoms with Crippen LogP contribution < -0.4 is 4.74 Å². The summed E-state index contributed by atoms with van der Waals surface area (Å²) in [4.78, 5) is 14.1. The number of carbonyl (C=O) groups is 1. The molecule has 1 aromatic carbocycles. The predicted molar refractivity (Wildman–Crippen MR) is 91.9 cm³/mol. The molecule has 2 aliphatic rings. The molecule has 25 heavy (non-hydrogen) atoms. The molecular weight excluding hydrogens is 346 g/mol. The van der Waals surface area contributed by atoms with Crippen LogP contribution in [0, 0.1) is 0 Å². The smallest absolute Gasteiger partial charge is 0.282 e. The van der Waals surface area contributed by atoms with Crippen LogP contribution >= 0.6 is 0 Å². The molecule has 0 atom stereocenters. The molecule has 2 heterocycles. The molecule has 0 radical (unpaired) electrons. The van der Waals surface area contributed by atoms with E-state index in [-0.39, 0.29) is 30.3 Å². The zero-order valence-electron chi connectivity index (χ0n) is 14.2. The van der Waals surface area contributed by atoms with Crippen molar-refractivity contribution < 1.29 is 23.1 Å². The van der Waals surface area contributed by atoms with Gasteiger partial charge in [-0.1, -0.05) is 0 Å². The predicted octanol–water partition coefficient (Wildman–Crippen LogP) is 0.499. The topological polar surface area (TPSA) is 90.4 Å². The van der Waals surface area contributed by atoms with E-state index >= 15 is 0 Å². The Morgan fingerprint density at radius 2 is 1.64 bits per heavy atom. The van der Waals surface area contributed by atoms with Gasteiger partial charge in [0.2, 0.25) is 0 Å². The second-order valence-electron chi connectivity index (χ2n) is 6.19. The number of phenolic OH excluding ortho intramolecular Hbond substituents is 1. The summed E-state index contributed by atoms with van der Waals surface area (Å²) in [6, 6.07) is 4.52. The number of aromatic hydroxyl groups is 1. The highest BCUT2D eigenvalue weighted by Crippen LogP contribution is 2.25. The van der Waals surface area contributed by atoms with Gasteiger partial charge in [0.05, 0.1) is 12.7 Å². The number of benzene rings is 1. The fourth-order valence-corrected chi connectivity index (χ4v) is 4.86. The van der Waals surface area contributed by atoms with Gasteiger partial charge in [-0.15, -0.1) is 0 Å². The zero-order chi connectivity index (χ0) is 18.0. The van der Waals surface area contributed by atoms with E-state index in [1.54, 1.807) is 11.0 Å². The second kappa shape index (κ2) is 7.19. The summed E-state index contributed by atoms with van der Waals surface area (Å²) in [5, 5.41) is 10.0. The average Bonchev–Trinajstić information content (AvgIpc) is 3.16. The highest BCUT2D eigenvalue weighted by molar-refractivity contribution is 7.86. The number of hydrogen-bond acceptors (Lipinski definition) is 5.